The van der Waals surface area contributed by atoms with Crippen LogP contribution in [0.3, 0.4) is 0 Å². The summed E-state index contributed by atoms with van der Waals surface area (Å²) < 4.78 is 0. The zero-order valence-corrected chi connectivity index (χ0v) is 20.6. The zero-order chi connectivity index (χ0) is 23.3. The second-order valence-electron chi connectivity index (χ2n) is 11.6. The summed E-state index contributed by atoms with van der Waals surface area (Å²) in [5.41, 5.74) is 3.52. The van der Waals surface area contributed by atoms with E-state index in [1.54, 1.807) is 0 Å². The van der Waals surface area contributed by atoms with E-state index in [-0.39, 0.29) is 0 Å². The van der Waals surface area contributed by atoms with Gasteiger partial charge in [0.1, 0.15) is 5.82 Å². The molecule has 0 atom stereocenters. The molecule has 4 bridgehead atoms. The molecule has 34 heavy (non-hydrogen) atoms. The van der Waals surface area contributed by atoms with Crippen LogP contribution < -0.4 is 10.2 Å². The van der Waals surface area contributed by atoms with Gasteiger partial charge in [-0.2, -0.15) is 4.98 Å². The number of amides is 1. The molecule has 5 fully saturated rings. The number of aromatic nitrogens is 2. The second-order valence-corrected chi connectivity index (χ2v) is 11.6. The van der Waals surface area contributed by atoms with Crippen LogP contribution in [0.1, 0.15) is 56.2 Å². The predicted octanol–water partition coefficient (Wildman–Crippen LogP) is 5.09. The lowest BCUT2D eigenvalue weighted by Gasteiger charge is -2.57. The molecular weight excluding hydrogens is 422 g/mol. The van der Waals surface area contributed by atoms with E-state index in [1.165, 1.54) is 44.1 Å². The van der Waals surface area contributed by atoms with E-state index in [0.29, 0.717) is 11.3 Å². The van der Waals surface area contributed by atoms with Gasteiger partial charge >= 0.3 is 0 Å². The fourth-order valence-electron chi connectivity index (χ4n) is 7.64. The number of nitrogens with zero attached hydrogens (tertiary/aromatic N) is 4. The van der Waals surface area contributed by atoms with Crippen LogP contribution in [0.25, 0.3) is 0 Å². The molecule has 5 aliphatic rings. The summed E-state index contributed by atoms with van der Waals surface area (Å²) >= 11 is 0. The van der Waals surface area contributed by atoms with Crippen molar-refractivity contribution in [3.8, 4) is 0 Å². The van der Waals surface area contributed by atoms with Crippen LogP contribution in [-0.2, 0) is 4.79 Å². The Morgan fingerprint density at radius 1 is 0.941 bits per heavy atom. The van der Waals surface area contributed by atoms with Gasteiger partial charge in [0, 0.05) is 50.0 Å². The number of piperazine rings is 1. The quantitative estimate of drug-likeness (QED) is 0.675. The van der Waals surface area contributed by atoms with Gasteiger partial charge in [0.15, 0.2) is 0 Å². The largest absolute Gasteiger partial charge is 0.340 e. The van der Waals surface area contributed by atoms with Crippen molar-refractivity contribution in [1.82, 2.24) is 14.9 Å². The standard InChI is InChI=1S/C28H37N5O/c1-19-3-5-24(6-4-19)30-25-11-20(2)29-27(31-25)33-9-7-32(8-10-33)26(34)18-28-15-21-12-22(16-28)14-23(13-21)17-28/h3-6,11,21-23H,7-10,12-18H2,1-2H3,(H,29,30,31). The van der Waals surface area contributed by atoms with E-state index >= 15 is 0 Å². The topological polar surface area (TPSA) is 61.4 Å². The molecule has 0 unspecified atom stereocenters. The summed E-state index contributed by atoms with van der Waals surface area (Å²) in [5, 5.41) is 3.41. The molecule has 4 saturated carbocycles. The fraction of sp³-hybridized carbons (Fsp3) is 0.607. The lowest BCUT2D eigenvalue weighted by atomic mass is 9.49. The minimum absolute atomic E-state index is 0.319. The molecule has 1 aromatic carbocycles. The number of carbonyl (C=O) groups is 1. The van der Waals surface area contributed by atoms with Gasteiger partial charge in [-0.3, -0.25) is 4.79 Å². The SMILES string of the molecule is Cc1ccc(Nc2cc(C)nc(N3CCN(C(=O)CC45CC6CC(CC(C6)C4)C5)CC3)n2)cc1. The van der Waals surface area contributed by atoms with E-state index < -0.39 is 0 Å². The Hall–Kier alpha value is -2.63. The molecule has 2 aromatic rings. The van der Waals surface area contributed by atoms with Crippen LogP contribution in [0.2, 0.25) is 0 Å². The monoisotopic (exact) mass is 459 g/mol. The number of rotatable bonds is 5. The summed E-state index contributed by atoms with van der Waals surface area (Å²) in [5.74, 6) is 4.65. The predicted molar refractivity (Wildman–Crippen MR) is 135 cm³/mol. The molecular formula is C28H37N5O. The smallest absolute Gasteiger partial charge is 0.227 e. The molecule has 1 aliphatic heterocycles. The van der Waals surface area contributed by atoms with Crippen LogP contribution in [0.5, 0.6) is 0 Å². The highest BCUT2D eigenvalue weighted by atomic mass is 16.2. The molecule has 1 N–H and O–H groups in total. The maximum atomic E-state index is 13.3. The van der Waals surface area contributed by atoms with E-state index in [4.69, 9.17) is 9.97 Å². The van der Waals surface area contributed by atoms with Crippen LogP contribution in [0.4, 0.5) is 17.5 Å². The third-order valence-corrected chi connectivity index (χ3v) is 8.77. The molecule has 7 rings (SSSR count). The van der Waals surface area contributed by atoms with Crippen molar-refractivity contribution in [3.05, 3.63) is 41.6 Å². The molecule has 1 saturated heterocycles. The summed E-state index contributed by atoms with van der Waals surface area (Å²) in [7, 11) is 0. The molecule has 6 nitrogen and oxygen atoms in total. The van der Waals surface area contributed by atoms with Crippen molar-refractivity contribution in [2.45, 2.75) is 58.8 Å². The number of hydrogen-bond acceptors (Lipinski definition) is 5. The van der Waals surface area contributed by atoms with E-state index in [0.717, 1.165) is 73.5 Å². The van der Waals surface area contributed by atoms with Crippen LogP contribution in [0.15, 0.2) is 30.3 Å². The Morgan fingerprint density at radius 2 is 1.56 bits per heavy atom. The lowest BCUT2D eigenvalue weighted by Crippen LogP contribution is -2.52. The molecule has 2 heterocycles. The lowest BCUT2D eigenvalue weighted by molar-refractivity contribution is -0.139. The van der Waals surface area contributed by atoms with Crippen LogP contribution >= 0.6 is 0 Å². The van der Waals surface area contributed by atoms with Gasteiger partial charge < -0.3 is 15.1 Å². The van der Waals surface area contributed by atoms with Crippen molar-refractivity contribution in [2.75, 3.05) is 36.4 Å². The van der Waals surface area contributed by atoms with Gasteiger partial charge in [-0.15, -0.1) is 0 Å². The van der Waals surface area contributed by atoms with E-state index in [2.05, 4.69) is 46.3 Å². The Balaban J connectivity index is 1.08. The summed E-state index contributed by atoms with van der Waals surface area (Å²) in [6.45, 7) is 7.22. The highest BCUT2D eigenvalue weighted by Crippen LogP contribution is 2.61. The normalized spacial score (nSPS) is 30.0. The third kappa shape index (κ3) is 4.39. The first-order valence-electron chi connectivity index (χ1n) is 13.2. The van der Waals surface area contributed by atoms with Gasteiger partial charge in [-0.1, -0.05) is 17.7 Å². The Morgan fingerprint density at radius 3 is 2.18 bits per heavy atom. The second kappa shape index (κ2) is 8.54. The van der Waals surface area contributed by atoms with Crippen molar-refractivity contribution < 1.29 is 4.79 Å². The summed E-state index contributed by atoms with van der Waals surface area (Å²) in [4.78, 5) is 27.2. The number of nitrogens with one attached hydrogen (secondary N) is 1. The molecule has 6 heteroatoms. The number of hydrogen-bond donors (Lipinski definition) is 1. The Bertz CT molecular complexity index is 1020. The molecule has 0 radical (unpaired) electrons. The number of anilines is 3. The van der Waals surface area contributed by atoms with E-state index in [9.17, 15) is 4.79 Å². The maximum absolute atomic E-state index is 13.3. The average Bonchev–Trinajstić information content (AvgIpc) is 2.79. The van der Waals surface area contributed by atoms with Gasteiger partial charge in [0.05, 0.1) is 0 Å². The Labute approximate surface area is 203 Å². The van der Waals surface area contributed by atoms with Gasteiger partial charge in [0.2, 0.25) is 11.9 Å². The minimum atomic E-state index is 0.319. The van der Waals surface area contributed by atoms with Crippen molar-refractivity contribution in [3.63, 3.8) is 0 Å². The van der Waals surface area contributed by atoms with E-state index in [1.807, 2.05) is 13.0 Å². The van der Waals surface area contributed by atoms with Gasteiger partial charge in [-0.25, -0.2) is 4.98 Å². The fourth-order valence-corrected chi connectivity index (χ4v) is 7.64. The molecule has 1 aromatic heterocycles. The summed E-state index contributed by atoms with van der Waals surface area (Å²) in [6, 6.07) is 10.3. The number of aryl methyl sites for hydroxylation is 2. The van der Waals surface area contributed by atoms with Crippen LogP contribution in [0, 0.1) is 37.0 Å². The third-order valence-electron chi connectivity index (χ3n) is 8.77. The van der Waals surface area contributed by atoms with Gasteiger partial charge in [-0.05, 0) is 87.7 Å². The Kier molecular flexibility index (Phi) is 5.50. The average molecular weight is 460 g/mol. The zero-order valence-electron chi connectivity index (χ0n) is 20.6. The molecule has 1 amide bonds. The van der Waals surface area contributed by atoms with Gasteiger partial charge in [0.25, 0.3) is 0 Å². The molecule has 0 spiro atoms. The first kappa shape index (κ1) is 21.9. The van der Waals surface area contributed by atoms with Crippen molar-refractivity contribution in [2.24, 2.45) is 23.2 Å². The van der Waals surface area contributed by atoms with Crippen LogP contribution in [-0.4, -0.2) is 47.0 Å². The first-order chi connectivity index (χ1) is 16.4. The van der Waals surface area contributed by atoms with Crippen molar-refractivity contribution in [1.29, 1.82) is 0 Å². The highest BCUT2D eigenvalue weighted by Gasteiger charge is 2.51. The maximum Gasteiger partial charge on any atom is 0.227 e. The summed E-state index contributed by atoms with van der Waals surface area (Å²) in [6.07, 6.45) is 8.99. The molecule has 180 valence electrons. The highest BCUT2D eigenvalue weighted by molar-refractivity contribution is 5.77. The number of carbonyl (C=O) groups excluding carboxylic acids is 1. The number of benzene rings is 1. The molecule has 4 aliphatic carbocycles. The van der Waals surface area contributed by atoms with Crippen molar-refractivity contribution >= 4 is 23.4 Å². The minimum Gasteiger partial charge on any atom is -0.340 e. The first-order valence-corrected chi connectivity index (χ1v) is 13.2.